The van der Waals surface area contributed by atoms with Crippen molar-refractivity contribution in [1.82, 2.24) is 15.1 Å². The van der Waals surface area contributed by atoms with E-state index in [1.165, 1.54) is 37.1 Å². The van der Waals surface area contributed by atoms with Crippen LogP contribution in [0.25, 0.3) is 0 Å². The van der Waals surface area contributed by atoms with Gasteiger partial charge in [0, 0.05) is 19.1 Å². The Morgan fingerprint density at radius 1 is 1.20 bits per heavy atom. The van der Waals surface area contributed by atoms with Crippen LogP contribution in [-0.4, -0.2) is 49.6 Å². The van der Waals surface area contributed by atoms with Gasteiger partial charge in [-0.15, -0.1) is 0 Å². The molecular formula is C17H29N3. The van der Waals surface area contributed by atoms with Gasteiger partial charge in [-0.05, 0) is 57.7 Å². The summed E-state index contributed by atoms with van der Waals surface area (Å²) in [6.07, 6.45) is 2.59. The van der Waals surface area contributed by atoms with Crippen LogP contribution < -0.4 is 5.32 Å². The summed E-state index contributed by atoms with van der Waals surface area (Å²) in [5.74, 6) is 0. The summed E-state index contributed by atoms with van der Waals surface area (Å²) in [7, 11) is 4.50. The van der Waals surface area contributed by atoms with E-state index in [2.05, 4.69) is 60.4 Å². The van der Waals surface area contributed by atoms with Crippen LogP contribution in [0.2, 0.25) is 0 Å². The Morgan fingerprint density at radius 3 is 2.50 bits per heavy atom. The van der Waals surface area contributed by atoms with Crippen LogP contribution in [0.1, 0.15) is 30.9 Å². The summed E-state index contributed by atoms with van der Waals surface area (Å²) in [5, 5.41) is 3.44. The highest BCUT2D eigenvalue weighted by Gasteiger charge is 2.20. The topological polar surface area (TPSA) is 18.5 Å². The lowest BCUT2D eigenvalue weighted by atomic mass is 10.0. The molecule has 0 amide bonds. The van der Waals surface area contributed by atoms with Gasteiger partial charge >= 0.3 is 0 Å². The second-order valence-corrected chi connectivity index (χ2v) is 6.00. The molecule has 0 bridgehead atoms. The van der Waals surface area contributed by atoms with E-state index in [0.717, 1.165) is 25.7 Å². The summed E-state index contributed by atoms with van der Waals surface area (Å²) in [6, 6.07) is 9.57. The zero-order valence-corrected chi connectivity index (χ0v) is 13.2. The maximum Gasteiger partial charge on any atom is 0.0236 e. The Balaban J connectivity index is 1.94. The highest BCUT2D eigenvalue weighted by molar-refractivity contribution is 5.27. The molecule has 2 rings (SSSR count). The number of benzene rings is 1. The maximum absolute atomic E-state index is 3.44. The van der Waals surface area contributed by atoms with Crippen molar-refractivity contribution in [3.63, 3.8) is 0 Å². The Labute approximate surface area is 124 Å². The molecule has 112 valence electrons. The lowest BCUT2D eigenvalue weighted by Gasteiger charge is -2.35. The van der Waals surface area contributed by atoms with Crippen LogP contribution in [0.3, 0.4) is 0 Å². The summed E-state index contributed by atoms with van der Waals surface area (Å²) < 4.78 is 0. The molecule has 0 spiro atoms. The first kappa shape index (κ1) is 15.5. The minimum absolute atomic E-state index is 0.735. The van der Waals surface area contributed by atoms with Crippen LogP contribution in [0.15, 0.2) is 24.3 Å². The van der Waals surface area contributed by atoms with Gasteiger partial charge in [-0.3, -0.25) is 4.90 Å². The van der Waals surface area contributed by atoms with Gasteiger partial charge in [0.25, 0.3) is 0 Å². The normalized spacial score (nSPS) is 17.8. The van der Waals surface area contributed by atoms with Gasteiger partial charge in [0.15, 0.2) is 0 Å². The van der Waals surface area contributed by atoms with Crippen LogP contribution in [0.5, 0.6) is 0 Å². The fourth-order valence-electron chi connectivity index (χ4n) is 2.98. The van der Waals surface area contributed by atoms with Gasteiger partial charge in [-0.2, -0.15) is 0 Å². The molecule has 0 unspecified atom stereocenters. The van der Waals surface area contributed by atoms with Crippen LogP contribution in [0.4, 0.5) is 0 Å². The maximum atomic E-state index is 3.44. The Bertz CT molecular complexity index is 397. The number of hydrogen-bond acceptors (Lipinski definition) is 3. The molecule has 20 heavy (non-hydrogen) atoms. The van der Waals surface area contributed by atoms with Crippen LogP contribution in [-0.2, 0) is 13.1 Å². The Morgan fingerprint density at radius 2 is 1.85 bits per heavy atom. The smallest absolute Gasteiger partial charge is 0.0236 e. The van der Waals surface area contributed by atoms with E-state index >= 15 is 0 Å². The largest absolute Gasteiger partial charge is 0.313 e. The fourth-order valence-corrected chi connectivity index (χ4v) is 2.98. The zero-order valence-electron chi connectivity index (χ0n) is 13.2. The number of nitrogens with zero attached hydrogens (tertiary/aromatic N) is 2. The van der Waals surface area contributed by atoms with E-state index in [1.807, 2.05) is 0 Å². The molecular weight excluding hydrogens is 246 g/mol. The zero-order chi connectivity index (χ0) is 14.4. The molecule has 0 aromatic heterocycles. The minimum atomic E-state index is 0.735. The van der Waals surface area contributed by atoms with Crippen molar-refractivity contribution >= 4 is 0 Å². The van der Waals surface area contributed by atoms with Crippen molar-refractivity contribution in [2.45, 2.75) is 38.9 Å². The molecule has 1 N–H and O–H groups in total. The number of likely N-dealkylation sites (tertiary alicyclic amines) is 1. The lowest BCUT2D eigenvalue weighted by Crippen LogP contribution is -2.41. The van der Waals surface area contributed by atoms with Gasteiger partial charge in [-0.25, -0.2) is 0 Å². The predicted octanol–water partition coefficient (Wildman–Crippen LogP) is 2.32. The van der Waals surface area contributed by atoms with Crippen molar-refractivity contribution in [1.29, 1.82) is 0 Å². The highest BCUT2D eigenvalue weighted by atomic mass is 15.2. The third-order valence-corrected chi connectivity index (χ3v) is 4.42. The third kappa shape index (κ3) is 4.30. The molecule has 3 heteroatoms. The molecule has 3 nitrogen and oxygen atoms in total. The van der Waals surface area contributed by atoms with E-state index in [9.17, 15) is 0 Å². The van der Waals surface area contributed by atoms with E-state index < -0.39 is 0 Å². The van der Waals surface area contributed by atoms with Crippen molar-refractivity contribution in [2.24, 2.45) is 0 Å². The fraction of sp³-hybridized carbons (Fsp3) is 0.647. The number of nitrogens with one attached hydrogen (secondary N) is 1. The summed E-state index contributed by atoms with van der Waals surface area (Å²) in [4.78, 5) is 4.97. The average molecular weight is 275 g/mol. The average Bonchev–Trinajstić information content (AvgIpc) is 2.47. The predicted molar refractivity (Wildman–Crippen MR) is 85.8 cm³/mol. The van der Waals surface area contributed by atoms with Gasteiger partial charge in [0.2, 0.25) is 0 Å². The Kier molecular flexibility index (Phi) is 6.02. The van der Waals surface area contributed by atoms with Gasteiger partial charge in [0.1, 0.15) is 0 Å². The molecule has 0 saturated carbocycles. The Hall–Kier alpha value is -0.900. The second kappa shape index (κ2) is 7.77. The van der Waals surface area contributed by atoms with Gasteiger partial charge in [0.05, 0.1) is 0 Å². The van der Waals surface area contributed by atoms with Crippen molar-refractivity contribution in [3.05, 3.63) is 35.4 Å². The minimum Gasteiger partial charge on any atom is -0.313 e. The number of rotatable bonds is 6. The quantitative estimate of drug-likeness (QED) is 0.859. The molecule has 0 aliphatic carbocycles. The van der Waals surface area contributed by atoms with Crippen molar-refractivity contribution in [3.8, 4) is 0 Å². The van der Waals surface area contributed by atoms with E-state index in [0.29, 0.717) is 0 Å². The summed E-state index contributed by atoms with van der Waals surface area (Å²) in [5.41, 5.74) is 2.91. The molecule has 1 fully saturated rings. The van der Waals surface area contributed by atoms with Gasteiger partial charge < -0.3 is 10.2 Å². The monoisotopic (exact) mass is 275 g/mol. The number of piperidine rings is 1. The molecule has 1 aliphatic rings. The lowest BCUT2D eigenvalue weighted by molar-refractivity contribution is 0.139. The summed E-state index contributed by atoms with van der Waals surface area (Å²) in [6.45, 7) is 7.69. The summed E-state index contributed by atoms with van der Waals surface area (Å²) >= 11 is 0. The molecule has 1 aliphatic heterocycles. The van der Waals surface area contributed by atoms with Gasteiger partial charge in [-0.1, -0.05) is 31.2 Å². The molecule has 1 heterocycles. The van der Waals surface area contributed by atoms with E-state index in [-0.39, 0.29) is 0 Å². The first-order chi connectivity index (χ1) is 9.70. The van der Waals surface area contributed by atoms with E-state index in [4.69, 9.17) is 0 Å². The van der Waals surface area contributed by atoms with Crippen LogP contribution >= 0.6 is 0 Å². The second-order valence-electron chi connectivity index (χ2n) is 6.00. The first-order valence-corrected chi connectivity index (χ1v) is 7.87. The highest BCUT2D eigenvalue weighted by Crippen LogP contribution is 2.18. The molecule has 0 radical (unpaired) electrons. The first-order valence-electron chi connectivity index (χ1n) is 7.87. The molecule has 1 aromatic carbocycles. The number of hydrogen-bond donors (Lipinski definition) is 1. The van der Waals surface area contributed by atoms with Crippen molar-refractivity contribution < 1.29 is 0 Å². The van der Waals surface area contributed by atoms with E-state index in [1.54, 1.807) is 0 Å². The molecule has 0 atom stereocenters. The third-order valence-electron chi connectivity index (χ3n) is 4.42. The molecule has 1 saturated heterocycles. The van der Waals surface area contributed by atoms with Crippen molar-refractivity contribution in [2.75, 3.05) is 33.7 Å². The van der Waals surface area contributed by atoms with Crippen LogP contribution in [0, 0.1) is 0 Å². The standard InChI is InChI=1S/C17H29N3/c1-4-18-13-15-7-5-6-8-16(15)14-20(3)17-9-11-19(2)12-10-17/h5-8,17-18H,4,9-14H2,1-3H3. The molecule has 1 aromatic rings. The SMILES string of the molecule is CCNCc1ccccc1CN(C)C1CCN(C)CC1.